The van der Waals surface area contributed by atoms with Crippen molar-refractivity contribution in [3.63, 3.8) is 0 Å². The number of hydrogen-bond donors (Lipinski definition) is 3. The van der Waals surface area contributed by atoms with E-state index in [1.807, 2.05) is 0 Å². The van der Waals surface area contributed by atoms with E-state index in [1.54, 1.807) is 18.2 Å². The Morgan fingerprint density at radius 1 is 1.26 bits per heavy atom. The number of halogens is 2. The Morgan fingerprint density at radius 3 is 2.53 bits per heavy atom. The Bertz CT molecular complexity index is 455. The van der Waals surface area contributed by atoms with E-state index in [2.05, 4.69) is 26.6 Å². The zero-order valence-electron chi connectivity index (χ0n) is 10.5. The molecule has 0 atom stereocenters. The first-order valence-electron chi connectivity index (χ1n) is 5.60. The summed E-state index contributed by atoms with van der Waals surface area (Å²) < 4.78 is 0.825. The van der Waals surface area contributed by atoms with Crippen LogP contribution in [-0.4, -0.2) is 18.4 Å². The fourth-order valence-corrected chi connectivity index (χ4v) is 1.75. The van der Waals surface area contributed by atoms with Crippen LogP contribution in [0, 0.1) is 0 Å². The molecule has 0 saturated carbocycles. The van der Waals surface area contributed by atoms with Crippen LogP contribution in [0.1, 0.15) is 19.8 Å². The van der Waals surface area contributed by atoms with E-state index in [1.165, 1.54) is 6.92 Å². The van der Waals surface area contributed by atoms with E-state index in [9.17, 15) is 9.59 Å². The van der Waals surface area contributed by atoms with Crippen molar-refractivity contribution in [2.24, 2.45) is 5.73 Å². The van der Waals surface area contributed by atoms with Crippen LogP contribution < -0.4 is 16.4 Å². The maximum atomic E-state index is 11.6. The van der Waals surface area contributed by atoms with Gasteiger partial charge in [-0.05, 0) is 31.2 Å². The number of nitrogens with one attached hydrogen (secondary N) is 2. The molecule has 1 aromatic rings. The Morgan fingerprint density at radius 2 is 1.95 bits per heavy atom. The van der Waals surface area contributed by atoms with Crippen LogP contribution in [0.15, 0.2) is 22.7 Å². The van der Waals surface area contributed by atoms with Gasteiger partial charge in [-0.25, -0.2) is 0 Å². The first-order valence-corrected chi connectivity index (χ1v) is 6.39. The zero-order valence-corrected chi connectivity index (χ0v) is 12.9. The van der Waals surface area contributed by atoms with E-state index in [-0.39, 0.29) is 24.2 Å². The van der Waals surface area contributed by atoms with E-state index in [0.29, 0.717) is 30.8 Å². The summed E-state index contributed by atoms with van der Waals surface area (Å²) in [4.78, 5) is 22.7. The highest BCUT2D eigenvalue weighted by Crippen LogP contribution is 2.26. The molecule has 0 aliphatic rings. The Hall–Kier alpha value is -1.11. The fraction of sp³-hybridized carbons (Fsp3) is 0.333. The highest BCUT2D eigenvalue weighted by molar-refractivity contribution is 9.10. The lowest BCUT2D eigenvalue weighted by atomic mass is 10.2. The molecule has 1 aromatic carbocycles. The van der Waals surface area contributed by atoms with Crippen molar-refractivity contribution in [3.05, 3.63) is 22.7 Å². The van der Waals surface area contributed by atoms with Gasteiger partial charge in [0.15, 0.2) is 0 Å². The number of amides is 2. The van der Waals surface area contributed by atoms with Crippen molar-refractivity contribution >= 4 is 51.5 Å². The maximum absolute atomic E-state index is 11.6. The van der Waals surface area contributed by atoms with Gasteiger partial charge in [0.2, 0.25) is 11.8 Å². The van der Waals surface area contributed by atoms with Crippen molar-refractivity contribution in [3.8, 4) is 0 Å². The smallest absolute Gasteiger partial charge is 0.224 e. The lowest BCUT2D eigenvalue weighted by Crippen LogP contribution is -2.16. The predicted octanol–water partition coefficient (Wildman–Crippen LogP) is 2.51. The number of carbonyl (C=O) groups excluding carboxylic acids is 2. The van der Waals surface area contributed by atoms with Gasteiger partial charge < -0.3 is 16.4 Å². The Kier molecular flexibility index (Phi) is 8.38. The van der Waals surface area contributed by atoms with Gasteiger partial charge in [0, 0.05) is 17.8 Å². The molecule has 0 aromatic heterocycles. The average molecular weight is 351 g/mol. The van der Waals surface area contributed by atoms with Gasteiger partial charge >= 0.3 is 0 Å². The molecule has 1 rings (SSSR count). The third-order valence-corrected chi connectivity index (χ3v) is 2.67. The van der Waals surface area contributed by atoms with Crippen LogP contribution in [0.2, 0.25) is 0 Å². The van der Waals surface area contributed by atoms with Gasteiger partial charge in [0.05, 0.1) is 11.4 Å². The normalized spacial score (nSPS) is 9.42. The lowest BCUT2D eigenvalue weighted by Gasteiger charge is -2.11. The molecule has 0 aliphatic carbocycles. The molecule has 0 saturated heterocycles. The largest absolute Gasteiger partial charge is 0.330 e. The molecule has 0 aliphatic heterocycles. The highest BCUT2D eigenvalue weighted by Gasteiger charge is 2.08. The Balaban J connectivity index is 0.00000324. The molecule has 7 heteroatoms. The minimum Gasteiger partial charge on any atom is -0.330 e. The van der Waals surface area contributed by atoms with Gasteiger partial charge in [-0.1, -0.05) is 15.9 Å². The quantitative estimate of drug-likeness (QED) is 0.763. The number of rotatable bonds is 5. The molecule has 0 heterocycles. The first kappa shape index (κ1) is 17.9. The lowest BCUT2D eigenvalue weighted by molar-refractivity contribution is -0.116. The van der Waals surface area contributed by atoms with Gasteiger partial charge in [-0.2, -0.15) is 0 Å². The summed E-state index contributed by atoms with van der Waals surface area (Å²) in [5.41, 5.74) is 6.49. The summed E-state index contributed by atoms with van der Waals surface area (Å²) in [6, 6.07) is 5.26. The molecule has 5 nitrogen and oxygen atoms in total. The number of carbonyl (C=O) groups is 2. The van der Waals surface area contributed by atoms with Gasteiger partial charge in [-0.3, -0.25) is 9.59 Å². The molecule has 4 N–H and O–H groups in total. The number of anilines is 2. The number of benzene rings is 1. The van der Waals surface area contributed by atoms with Crippen molar-refractivity contribution in [2.75, 3.05) is 17.2 Å². The molecule has 19 heavy (non-hydrogen) atoms. The molecule has 0 fully saturated rings. The van der Waals surface area contributed by atoms with Crippen molar-refractivity contribution in [1.29, 1.82) is 0 Å². The van der Waals surface area contributed by atoms with Gasteiger partial charge in [0.1, 0.15) is 0 Å². The van der Waals surface area contributed by atoms with Gasteiger partial charge in [0.25, 0.3) is 0 Å². The molecular weight excluding hydrogens is 334 g/mol. The van der Waals surface area contributed by atoms with E-state index < -0.39 is 0 Å². The van der Waals surface area contributed by atoms with Crippen LogP contribution in [0.25, 0.3) is 0 Å². The number of nitrogens with two attached hydrogens (primary N) is 1. The third kappa shape index (κ3) is 6.56. The topological polar surface area (TPSA) is 84.2 Å². The second kappa shape index (κ2) is 8.90. The van der Waals surface area contributed by atoms with Crippen LogP contribution in [0.3, 0.4) is 0 Å². The summed E-state index contributed by atoms with van der Waals surface area (Å²) in [6.45, 7) is 1.90. The molecular formula is C12H17BrClN3O2. The summed E-state index contributed by atoms with van der Waals surface area (Å²) >= 11 is 3.32. The van der Waals surface area contributed by atoms with Crippen molar-refractivity contribution in [1.82, 2.24) is 0 Å². The predicted molar refractivity (Wildman–Crippen MR) is 82.6 cm³/mol. The van der Waals surface area contributed by atoms with Crippen LogP contribution in [-0.2, 0) is 9.59 Å². The molecule has 106 valence electrons. The van der Waals surface area contributed by atoms with Crippen LogP contribution >= 0.6 is 28.3 Å². The molecule has 0 spiro atoms. The molecule has 0 bridgehead atoms. The SMILES string of the molecule is CC(=O)Nc1ccc(Br)cc1NC(=O)CCCN.Cl. The van der Waals surface area contributed by atoms with Crippen molar-refractivity contribution < 1.29 is 9.59 Å². The minimum absolute atomic E-state index is 0. The van der Waals surface area contributed by atoms with E-state index in [0.717, 1.165) is 4.47 Å². The van der Waals surface area contributed by atoms with E-state index in [4.69, 9.17) is 5.73 Å². The highest BCUT2D eigenvalue weighted by atomic mass is 79.9. The Labute approximate surface area is 126 Å². The maximum Gasteiger partial charge on any atom is 0.224 e. The zero-order chi connectivity index (χ0) is 13.5. The minimum atomic E-state index is -0.185. The summed E-state index contributed by atoms with van der Waals surface area (Å²) in [6.07, 6.45) is 0.998. The molecule has 0 radical (unpaired) electrons. The summed E-state index contributed by atoms with van der Waals surface area (Å²) in [7, 11) is 0. The second-order valence-corrected chi connectivity index (χ2v) is 4.73. The van der Waals surface area contributed by atoms with E-state index >= 15 is 0 Å². The fourth-order valence-electron chi connectivity index (χ4n) is 1.39. The molecule has 0 unspecified atom stereocenters. The summed E-state index contributed by atoms with van der Waals surface area (Å²) in [5.74, 6) is -0.306. The third-order valence-electron chi connectivity index (χ3n) is 2.17. The standard InChI is InChI=1S/C12H16BrN3O2.ClH/c1-8(17)15-10-5-4-9(13)7-11(10)16-12(18)3-2-6-14;/h4-5,7H,2-3,6,14H2,1H3,(H,15,17)(H,16,18);1H. The molecule has 2 amide bonds. The monoisotopic (exact) mass is 349 g/mol. The number of hydrogen-bond acceptors (Lipinski definition) is 3. The van der Waals surface area contributed by atoms with Crippen molar-refractivity contribution in [2.45, 2.75) is 19.8 Å². The summed E-state index contributed by atoms with van der Waals surface area (Å²) in [5, 5.41) is 5.42. The van der Waals surface area contributed by atoms with Gasteiger partial charge in [-0.15, -0.1) is 12.4 Å². The average Bonchev–Trinajstić information content (AvgIpc) is 2.29. The van der Waals surface area contributed by atoms with Crippen LogP contribution in [0.5, 0.6) is 0 Å². The van der Waals surface area contributed by atoms with Crippen LogP contribution in [0.4, 0.5) is 11.4 Å². The second-order valence-electron chi connectivity index (χ2n) is 3.81. The first-order chi connectivity index (χ1) is 8.52.